The number of nitrogens with zero attached hydrogens (tertiary/aromatic N) is 4. The van der Waals surface area contributed by atoms with Crippen LogP contribution in [0.5, 0.6) is 5.75 Å². The Balaban J connectivity index is 1.68. The van der Waals surface area contributed by atoms with Crippen molar-refractivity contribution in [3.63, 3.8) is 0 Å². The summed E-state index contributed by atoms with van der Waals surface area (Å²) in [5.41, 5.74) is 2.25. The number of nitrogens with one attached hydrogen (secondary N) is 1. The van der Waals surface area contributed by atoms with Gasteiger partial charge in [-0.05, 0) is 40.6 Å². The molecule has 174 valence electrons. The number of hydrogen-bond donors (Lipinski definition) is 2. The van der Waals surface area contributed by atoms with Crippen LogP contribution < -0.4 is 4.74 Å². The zero-order valence-electron chi connectivity index (χ0n) is 18.1. The van der Waals surface area contributed by atoms with Gasteiger partial charge in [-0.3, -0.25) is 0 Å². The molecular weight excluding hydrogens is 458 g/mol. The molecule has 3 aromatic carbocycles. The number of para-hydroxylation sites is 1. The highest BCUT2D eigenvalue weighted by Crippen LogP contribution is 2.29. The third kappa shape index (κ3) is 4.95. The molecule has 1 heterocycles. The van der Waals surface area contributed by atoms with Crippen LogP contribution in [0.1, 0.15) is 21.5 Å². The zero-order chi connectivity index (χ0) is 24.1. The zero-order valence-corrected chi connectivity index (χ0v) is 18.9. The summed E-state index contributed by atoms with van der Waals surface area (Å²) in [6.45, 7) is 0.112. The minimum atomic E-state index is -3.97. The van der Waals surface area contributed by atoms with Crippen LogP contribution in [0.4, 0.5) is 0 Å². The average Bonchev–Trinajstić information content (AvgIpc) is 3.39. The number of aromatic amines is 1. The molecular formula is C23H21N5O5S. The second-order valence-electron chi connectivity index (χ2n) is 7.36. The van der Waals surface area contributed by atoms with E-state index < -0.39 is 16.0 Å². The van der Waals surface area contributed by atoms with Gasteiger partial charge in [-0.2, -0.15) is 9.52 Å². The fourth-order valence-corrected chi connectivity index (χ4v) is 4.97. The lowest BCUT2D eigenvalue weighted by Crippen LogP contribution is -2.30. The van der Waals surface area contributed by atoms with E-state index in [1.165, 1.54) is 29.6 Å². The first-order valence-electron chi connectivity index (χ1n) is 10.2. The van der Waals surface area contributed by atoms with E-state index >= 15 is 0 Å². The molecule has 0 radical (unpaired) electrons. The predicted molar refractivity (Wildman–Crippen MR) is 122 cm³/mol. The van der Waals surface area contributed by atoms with E-state index in [0.29, 0.717) is 11.4 Å². The quantitative estimate of drug-likeness (QED) is 0.374. The van der Waals surface area contributed by atoms with Crippen LogP contribution >= 0.6 is 0 Å². The Morgan fingerprint density at radius 2 is 1.59 bits per heavy atom. The van der Waals surface area contributed by atoms with E-state index in [2.05, 4.69) is 20.6 Å². The van der Waals surface area contributed by atoms with E-state index in [9.17, 15) is 13.2 Å². The van der Waals surface area contributed by atoms with Gasteiger partial charge in [0.1, 0.15) is 10.6 Å². The summed E-state index contributed by atoms with van der Waals surface area (Å²) in [7, 11) is -2.55. The molecule has 0 aliphatic heterocycles. The smallest absolute Gasteiger partial charge is 0.335 e. The van der Waals surface area contributed by atoms with E-state index in [0.717, 1.165) is 11.1 Å². The van der Waals surface area contributed by atoms with Gasteiger partial charge < -0.3 is 9.84 Å². The molecule has 1 aromatic heterocycles. The van der Waals surface area contributed by atoms with Crippen LogP contribution in [0, 0.1) is 0 Å². The second-order valence-corrected chi connectivity index (χ2v) is 9.26. The number of aromatic carboxylic acids is 1. The number of carbonyl (C=O) groups is 1. The van der Waals surface area contributed by atoms with E-state index in [1.54, 1.807) is 54.6 Å². The monoisotopic (exact) mass is 479 g/mol. The fraction of sp³-hybridized carbons (Fsp3) is 0.130. The highest BCUT2D eigenvalue weighted by Gasteiger charge is 2.28. The highest BCUT2D eigenvalue weighted by molar-refractivity contribution is 7.89. The van der Waals surface area contributed by atoms with Crippen molar-refractivity contribution in [3.05, 3.63) is 89.5 Å². The molecule has 0 aliphatic carbocycles. The minimum Gasteiger partial charge on any atom is -0.495 e. The maximum Gasteiger partial charge on any atom is 0.335 e. The Morgan fingerprint density at radius 1 is 0.971 bits per heavy atom. The number of sulfonamides is 1. The van der Waals surface area contributed by atoms with Crippen molar-refractivity contribution in [1.29, 1.82) is 0 Å². The minimum absolute atomic E-state index is 0.0346. The van der Waals surface area contributed by atoms with Gasteiger partial charge in [0.2, 0.25) is 15.8 Å². The van der Waals surface area contributed by atoms with E-state index in [1.807, 2.05) is 0 Å². The van der Waals surface area contributed by atoms with Gasteiger partial charge in [0.05, 0.1) is 12.7 Å². The van der Waals surface area contributed by atoms with Crippen LogP contribution in [-0.2, 0) is 23.1 Å². The third-order valence-corrected chi connectivity index (χ3v) is 6.99. The Hall–Kier alpha value is -4.09. The standard InChI is InChI=1S/C23H21N5O5S/c1-33-20-4-2-3-5-21(20)34(31,32)28(15-17-8-12-19(13-9-17)23(29)30)14-16-6-10-18(11-7-16)22-24-26-27-25-22/h2-13H,14-15H2,1H3,(H,29,30)(H,24,25,26,27). The summed E-state index contributed by atoms with van der Waals surface area (Å²) in [6.07, 6.45) is 0. The van der Waals surface area contributed by atoms with Gasteiger partial charge in [-0.25, -0.2) is 13.2 Å². The number of benzene rings is 3. The topological polar surface area (TPSA) is 138 Å². The van der Waals surface area contributed by atoms with Crippen LogP contribution in [0.2, 0.25) is 0 Å². The first-order chi connectivity index (χ1) is 16.4. The first kappa shape index (κ1) is 23.1. The molecule has 4 aromatic rings. The number of carboxylic acids is 1. The van der Waals surface area contributed by atoms with Crippen molar-refractivity contribution >= 4 is 16.0 Å². The van der Waals surface area contributed by atoms with E-state index in [4.69, 9.17) is 9.84 Å². The number of ether oxygens (including phenoxy) is 1. The number of tetrazole rings is 1. The Bertz CT molecular complexity index is 1370. The van der Waals surface area contributed by atoms with Gasteiger partial charge in [-0.15, -0.1) is 10.2 Å². The van der Waals surface area contributed by atoms with Gasteiger partial charge in [0.15, 0.2) is 0 Å². The lowest BCUT2D eigenvalue weighted by atomic mass is 10.1. The van der Waals surface area contributed by atoms with Crippen molar-refractivity contribution in [3.8, 4) is 17.1 Å². The molecule has 0 saturated carbocycles. The molecule has 0 spiro atoms. The Morgan fingerprint density at radius 3 is 2.15 bits per heavy atom. The van der Waals surface area contributed by atoms with Crippen molar-refractivity contribution in [1.82, 2.24) is 24.9 Å². The normalized spacial score (nSPS) is 11.5. The summed E-state index contributed by atoms with van der Waals surface area (Å²) in [6, 6.07) is 19.7. The molecule has 2 N–H and O–H groups in total. The van der Waals surface area contributed by atoms with Gasteiger partial charge in [0.25, 0.3) is 0 Å². The Labute approximate surface area is 195 Å². The molecule has 0 saturated heterocycles. The highest BCUT2D eigenvalue weighted by atomic mass is 32.2. The maximum atomic E-state index is 13.7. The number of carboxylic acid groups (broad SMARTS) is 1. The van der Waals surface area contributed by atoms with Gasteiger partial charge in [-0.1, -0.05) is 48.5 Å². The van der Waals surface area contributed by atoms with Gasteiger partial charge >= 0.3 is 5.97 Å². The van der Waals surface area contributed by atoms with Crippen molar-refractivity contribution in [2.45, 2.75) is 18.0 Å². The molecule has 0 aliphatic rings. The van der Waals surface area contributed by atoms with Crippen molar-refractivity contribution in [2.24, 2.45) is 0 Å². The summed E-state index contributed by atoms with van der Waals surface area (Å²) >= 11 is 0. The fourth-order valence-electron chi connectivity index (χ4n) is 3.40. The maximum absolute atomic E-state index is 13.7. The summed E-state index contributed by atoms with van der Waals surface area (Å²) in [5, 5.41) is 23.0. The predicted octanol–water partition coefficient (Wildman–Crippen LogP) is 2.96. The number of aromatic nitrogens is 4. The molecule has 0 fully saturated rings. The number of H-pyrrole nitrogens is 1. The SMILES string of the molecule is COc1ccccc1S(=O)(=O)N(Cc1ccc(C(=O)O)cc1)Cc1ccc(-c2nn[nH]n2)cc1. The second kappa shape index (κ2) is 9.81. The molecule has 0 amide bonds. The summed E-state index contributed by atoms with van der Waals surface area (Å²) in [5.74, 6) is -0.378. The summed E-state index contributed by atoms with van der Waals surface area (Å²) in [4.78, 5) is 11.2. The van der Waals surface area contributed by atoms with E-state index in [-0.39, 0.29) is 29.3 Å². The molecule has 0 atom stereocenters. The van der Waals surface area contributed by atoms with Crippen LogP contribution in [-0.4, -0.2) is 51.5 Å². The lowest BCUT2D eigenvalue weighted by molar-refractivity contribution is 0.0697. The molecule has 4 rings (SSSR count). The van der Waals surface area contributed by atoms with Crippen LogP contribution in [0.3, 0.4) is 0 Å². The summed E-state index contributed by atoms with van der Waals surface area (Å²) < 4.78 is 33.9. The van der Waals surface area contributed by atoms with Crippen molar-refractivity contribution in [2.75, 3.05) is 7.11 Å². The first-order valence-corrected chi connectivity index (χ1v) is 11.6. The number of rotatable bonds is 9. The van der Waals surface area contributed by atoms with Crippen LogP contribution in [0.15, 0.2) is 77.7 Å². The van der Waals surface area contributed by atoms with Gasteiger partial charge in [0, 0.05) is 18.7 Å². The molecule has 34 heavy (non-hydrogen) atoms. The number of hydrogen-bond acceptors (Lipinski definition) is 7. The van der Waals surface area contributed by atoms with Crippen LogP contribution in [0.25, 0.3) is 11.4 Å². The lowest BCUT2D eigenvalue weighted by Gasteiger charge is -2.23. The molecule has 11 heteroatoms. The van der Waals surface area contributed by atoms with Crippen molar-refractivity contribution < 1.29 is 23.1 Å². The number of methoxy groups -OCH3 is 1. The largest absolute Gasteiger partial charge is 0.495 e. The molecule has 0 unspecified atom stereocenters. The molecule has 0 bridgehead atoms. The Kier molecular flexibility index (Phi) is 6.66. The third-order valence-electron chi connectivity index (χ3n) is 5.16. The average molecular weight is 480 g/mol. The molecule has 10 nitrogen and oxygen atoms in total.